The number of H-pyrrole nitrogens is 1. The number of rotatable bonds is 5. The van der Waals surface area contributed by atoms with Crippen LogP contribution in [0, 0.1) is 6.92 Å². The number of carboxylic acid groups (broad SMARTS) is 1. The average molecular weight is 420 g/mol. The number of aromatic carboxylic acids is 1. The number of amides is 2. The molecule has 0 bridgehead atoms. The van der Waals surface area contributed by atoms with Gasteiger partial charge in [-0.3, -0.25) is 14.7 Å². The van der Waals surface area contributed by atoms with Crippen LogP contribution in [0.25, 0.3) is 10.2 Å². The van der Waals surface area contributed by atoms with Gasteiger partial charge < -0.3 is 15.7 Å². The molecule has 4 N–H and O–H groups in total. The molecule has 150 valence electrons. The third-order valence-electron chi connectivity index (χ3n) is 4.51. The number of nitrogens with one attached hydrogen (secondary N) is 3. The zero-order valence-corrected chi connectivity index (χ0v) is 16.5. The summed E-state index contributed by atoms with van der Waals surface area (Å²) in [5.41, 5.74) is 1.96. The van der Waals surface area contributed by atoms with Crippen molar-refractivity contribution < 1.29 is 19.5 Å². The van der Waals surface area contributed by atoms with Crippen molar-refractivity contribution in [1.82, 2.24) is 10.2 Å². The number of fused-ring (bicyclic) bond motifs is 1. The number of carbonyl (C=O) groups is 3. The van der Waals surface area contributed by atoms with Crippen LogP contribution < -0.4 is 10.6 Å². The summed E-state index contributed by atoms with van der Waals surface area (Å²) >= 11 is 1.01. The van der Waals surface area contributed by atoms with Gasteiger partial charge in [-0.05, 0) is 36.8 Å². The molecule has 0 fully saturated rings. The number of para-hydroxylation sites is 1. The maximum atomic E-state index is 12.9. The number of aromatic nitrogens is 2. The predicted octanol–water partition coefficient (Wildman–Crippen LogP) is 4.14. The molecule has 9 heteroatoms. The van der Waals surface area contributed by atoms with E-state index in [0.717, 1.165) is 16.9 Å². The Morgan fingerprint density at radius 2 is 1.63 bits per heavy atom. The highest BCUT2D eigenvalue weighted by Gasteiger charge is 2.19. The average Bonchev–Trinajstić information content (AvgIpc) is 3.31. The van der Waals surface area contributed by atoms with Crippen LogP contribution in [0.15, 0.2) is 54.6 Å². The van der Waals surface area contributed by atoms with Crippen molar-refractivity contribution in [2.45, 2.75) is 6.92 Å². The first-order valence-electron chi connectivity index (χ1n) is 8.92. The number of thiophene rings is 1. The lowest BCUT2D eigenvalue weighted by molar-refractivity contribution is 0.0701. The predicted molar refractivity (Wildman–Crippen MR) is 114 cm³/mol. The second-order valence-corrected chi connectivity index (χ2v) is 7.53. The molecule has 0 radical (unpaired) electrons. The van der Waals surface area contributed by atoms with Crippen molar-refractivity contribution in [3.05, 3.63) is 76.2 Å². The van der Waals surface area contributed by atoms with Gasteiger partial charge >= 0.3 is 5.97 Å². The van der Waals surface area contributed by atoms with Crippen LogP contribution >= 0.6 is 11.3 Å². The van der Waals surface area contributed by atoms with Crippen LogP contribution in [0.2, 0.25) is 0 Å². The van der Waals surface area contributed by atoms with Gasteiger partial charge in [0, 0.05) is 5.56 Å². The highest BCUT2D eigenvalue weighted by atomic mass is 32.1. The summed E-state index contributed by atoms with van der Waals surface area (Å²) in [7, 11) is 0. The number of carboxylic acids is 1. The van der Waals surface area contributed by atoms with E-state index in [1.54, 1.807) is 36.4 Å². The highest BCUT2D eigenvalue weighted by molar-refractivity contribution is 7.20. The van der Waals surface area contributed by atoms with Gasteiger partial charge in [-0.25, -0.2) is 4.79 Å². The van der Waals surface area contributed by atoms with E-state index in [2.05, 4.69) is 20.8 Å². The normalized spacial score (nSPS) is 10.7. The van der Waals surface area contributed by atoms with Crippen molar-refractivity contribution in [1.29, 1.82) is 0 Å². The molecular weight excluding hydrogens is 404 g/mol. The fourth-order valence-corrected chi connectivity index (χ4v) is 3.83. The number of hydrogen-bond donors (Lipinski definition) is 4. The molecule has 30 heavy (non-hydrogen) atoms. The van der Waals surface area contributed by atoms with Crippen molar-refractivity contribution in [2.75, 3.05) is 10.6 Å². The minimum absolute atomic E-state index is 0.128. The minimum atomic E-state index is -1.06. The van der Waals surface area contributed by atoms with E-state index < -0.39 is 11.9 Å². The Labute approximate surface area is 174 Å². The third-order valence-corrected chi connectivity index (χ3v) is 5.53. The van der Waals surface area contributed by atoms with Crippen molar-refractivity contribution in [3.63, 3.8) is 0 Å². The van der Waals surface area contributed by atoms with E-state index in [0.29, 0.717) is 27.3 Å². The van der Waals surface area contributed by atoms with Gasteiger partial charge in [0.25, 0.3) is 11.8 Å². The summed E-state index contributed by atoms with van der Waals surface area (Å²) in [5, 5.41) is 21.9. The Kier molecular flexibility index (Phi) is 5.03. The Morgan fingerprint density at radius 1 is 0.967 bits per heavy atom. The number of aromatic amines is 1. The maximum Gasteiger partial charge on any atom is 0.345 e. The molecule has 0 aliphatic rings. The molecular formula is C21H16N4O4S. The van der Waals surface area contributed by atoms with E-state index in [4.69, 9.17) is 5.11 Å². The Balaban J connectivity index is 1.59. The lowest BCUT2D eigenvalue weighted by Crippen LogP contribution is -2.19. The van der Waals surface area contributed by atoms with Gasteiger partial charge in [0.1, 0.15) is 15.5 Å². The van der Waals surface area contributed by atoms with Crippen LogP contribution in [0.4, 0.5) is 11.5 Å². The summed E-state index contributed by atoms with van der Waals surface area (Å²) in [6.07, 6.45) is 0. The molecule has 0 saturated carbocycles. The lowest BCUT2D eigenvalue weighted by Gasteiger charge is -2.12. The van der Waals surface area contributed by atoms with Crippen LogP contribution in [0.1, 0.15) is 36.0 Å². The van der Waals surface area contributed by atoms with Gasteiger partial charge in [-0.1, -0.05) is 30.3 Å². The van der Waals surface area contributed by atoms with Crippen LogP contribution in [-0.4, -0.2) is 33.1 Å². The van der Waals surface area contributed by atoms with Crippen molar-refractivity contribution in [3.8, 4) is 0 Å². The summed E-state index contributed by atoms with van der Waals surface area (Å²) in [6.45, 7) is 1.84. The van der Waals surface area contributed by atoms with Crippen LogP contribution in [0.3, 0.4) is 0 Å². The van der Waals surface area contributed by atoms with Crippen LogP contribution in [-0.2, 0) is 0 Å². The van der Waals surface area contributed by atoms with Gasteiger partial charge in [-0.15, -0.1) is 11.3 Å². The molecule has 2 amide bonds. The van der Waals surface area contributed by atoms with E-state index >= 15 is 0 Å². The first-order chi connectivity index (χ1) is 14.4. The molecule has 2 aromatic carbocycles. The van der Waals surface area contributed by atoms with Gasteiger partial charge in [0.05, 0.1) is 16.6 Å². The molecule has 8 nitrogen and oxygen atoms in total. The zero-order valence-electron chi connectivity index (χ0n) is 15.7. The molecule has 4 aromatic rings. The lowest BCUT2D eigenvalue weighted by atomic mass is 10.1. The second kappa shape index (κ2) is 7.80. The monoisotopic (exact) mass is 420 g/mol. The van der Waals surface area contributed by atoms with E-state index in [1.165, 1.54) is 6.07 Å². The fraction of sp³-hybridized carbons (Fsp3) is 0.0476. The highest BCUT2D eigenvalue weighted by Crippen LogP contribution is 2.30. The van der Waals surface area contributed by atoms with Gasteiger partial charge in [-0.2, -0.15) is 5.10 Å². The standard InChI is InChI=1S/C21H16N4O4S/c1-11-6-2-3-7-12(11)18(26)22-15-9-5-4-8-13(15)19(27)23-17-14-10-16(21(28)29)30-20(14)25-24-17/h2-10H,1H3,(H,22,26)(H,28,29)(H2,23,24,25,27). The smallest absolute Gasteiger partial charge is 0.345 e. The minimum Gasteiger partial charge on any atom is -0.477 e. The number of anilines is 2. The molecule has 0 aliphatic carbocycles. The summed E-state index contributed by atoms with van der Waals surface area (Å²) in [4.78, 5) is 37.3. The molecule has 0 atom stereocenters. The number of carbonyl (C=O) groups excluding carboxylic acids is 2. The van der Waals surface area contributed by atoms with Crippen molar-refractivity contribution >= 4 is 50.8 Å². The van der Waals surface area contributed by atoms with E-state index in [-0.39, 0.29) is 16.3 Å². The molecule has 0 aliphatic heterocycles. The van der Waals surface area contributed by atoms with Gasteiger partial charge in [0.15, 0.2) is 0 Å². The maximum absolute atomic E-state index is 12.9. The summed E-state index contributed by atoms with van der Waals surface area (Å²) in [6, 6.07) is 15.3. The Bertz CT molecular complexity index is 1290. The number of nitrogens with zero attached hydrogens (tertiary/aromatic N) is 1. The molecule has 0 unspecified atom stereocenters. The Morgan fingerprint density at radius 3 is 2.37 bits per heavy atom. The largest absolute Gasteiger partial charge is 0.477 e. The first-order valence-corrected chi connectivity index (χ1v) is 9.74. The topological polar surface area (TPSA) is 124 Å². The van der Waals surface area contributed by atoms with Gasteiger partial charge in [0.2, 0.25) is 0 Å². The van der Waals surface area contributed by atoms with Crippen LogP contribution in [0.5, 0.6) is 0 Å². The molecule has 4 rings (SSSR count). The number of aryl methyl sites for hydroxylation is 1. The first kappa shape index (κ1) is 19.3. The zero-order chi connectivity index (χ0) is 21.3. The molecule has 2 aromatic heterocycles. The van der Waals surface area contributed by atoms with Crippen molar-refractivity contribution in [2.24, 2.45) is 0 Å². The van der Waals surface area contributed by atoms with E-state index in [1.807, 2.05) is 19.1 Å². The fourth-order valence-electron chi connectivity index (χ4n) is 3.00. The second-order valence-electron chi connectivity index (χ2n) is 6.50. The Hall–Kier alpha value is -3.98. The number of hydrogen-bond acceptors (Lipinski definition) is 5. The quantitative estimate of drug-likeness (QED) is 0.386. The summed E-state index contributed by atoms with van der Waals surface area (Å²) < 4.78 is 0. The SMILES string of the molecule is Cc1ccccc1C(=O)Nc1ccccc1C(=O)Nc1[nH]nc2sc(C(=O)O)cc12. The molecule has 2 heterocycles. The molecule has 0 spiro atoms. The number of benzene rings is 2. The van der Waals surface area contributed by atoms with E-state index in [9.17, 15) is 14.4 Å². The third kappa shape index (κ3) is 3.65. The molecule has 0 saturated heterocycles. The summed E-state index contributed by atoms with van der Waals surface area (Å²) in [5.74, 6) is -1.55.